The van der Waals surface area contributed by atoms with Gasteiger partial charge in [-0.3, -0.25) is 0 Å². The Kier molecular flexibility index (Phi) is 4.62. The van der Waals surface area contributed by atoms with Crippen molar-refractivity contribution in [1.82, 2.24) is 0 Å². The van der Waals surface area contributed by atoms with Crippen LogP contribution in [0.5, 0.6) is 0 Å². The zero-order chi connectivity index (χ0) is 13.0. The first-order chi connectivity index (χ1) is 8.70. The number of benzene rings is 1. The molecule has 96 valence electrons. The lowest BCUT2D eigenvalue weighted by atomic mass is 9.99. The van der Waals surface area contributed by atoms with Gasteiger partial charge in [0.15, 0.2) is 0 Å². The van der Waals surface area contributed by atoms with E-state index in [0.717, 1.165) is 48.3 Å². The minimum atomic E-state index is 0.666. The van der Waals surface area contributed by atoms with E-state index in [1.807, 2.05) is 18.2 Å². The molecule has 1 heterocycles. The molecule has 0 unspecified atom stereocenters. The van der Waals surface area contributed by atoms with Gasteiger partial charge in [0.2, 0.25) is 0 Å². The van der Waals surface area contributed by atoms with Crippen LogP contribution in [0.25, 0.3) is 0 Å². The maximum absolute atomic E-state index is 9.18. The molecular weight excluding hydrogens is 292 g/mol. The van der Waals surface area contributed by atoms with Crippen LogP contribution in [0.2, 0.25) is 0 Å². The van der Waals surface area contributed by atoms with Crippen LogP contribution in [0.3, 0.4) is 0 Å². The summed E-state index contributed by atoms with van der Waals surface area (Å²) in [5, 5.41) is 9.18. The van der Waals surface area contributed by atoms with Crippen molar-refractivity contribution in [3.63, 3.8) is 0 Å². The first-order valence-corrected chi connectivity index (χ1v) is 6.98. The molecule has 0 aliphatic carbocycles. The molecule has 0 radical (unpaired) electrons. The minimum absolute atomic E-state index is 0.666. The lowest BCUT2D eigenvalue weighted by molar-refractivity contribution is 0.0685. The fourth-order valence-electron chi connectivity index (χ4n) is 2.35. The summed E-state index contributed by atoms with van der Waals surface area (Å²) < 4.78 is 6.32. The van der Waals surface area contributed by atoms with E-state index >= 15 is 0 Å². The second kappa shape index (κ2) is 6.21. The normalized spacial score (nSPS) is 16.3. The number of anilines is 1. The molecule has 1 fully saturated rings. The van der Waals surface area contributed by atoms with Gasteiger partial charge in [-0.2, -0.15) is 5.26 Å². The van der Waals surface area contributed by atoms with E-state index in [2.05, 4.69) is 33.9 Å². The average molecular weight is 309 g/mol. The predicted octanol–water partition coefficient (Wildman–Crippen LogP) is 3.18. The Morgan fingerprint density at radius 1 is 1.44 bits per heavy atom. The summed E-state index contributed by atoms with van der Waals surface area (Å²) in [5.41, 5.74) is 1.73. The SMILES string of the molecule is CN(CC1CCOCC1)c1ccc(Br)cc1C#N. The van der Waals surface area contributed by atoms with Crippen LogP contribution in [0.15, 0.2) is 22.7 Å². The van der Waals surface area contributed by atoms with Crippen molar-refractivity contribution < 1.29 is 4.74 Å². The highest BCUT2D eigenvalue weighted by Gasteiger charge is 2.17. The Labute approximate surface area is 116 Å². The van der Waals surface area contributed by atoms with Crippen molar-refractivity contribution in [2.45, 2.75) is 12.8 Å². The second-order valence-electron chi connectivity index (χ2n) is 4.71. The Bertz CT molecular complexity index is 450. The van der Waals surface area contributed by atoms with Crippen LogP contribution >= 0.6 is 15.9 Å². The highest BCUT2D eigenvalue weighted by Crippen LogP contribution is 2.25. The summed E-state index contributed by atoms with van der Waals surface area (Å²) in [7, 11) is 2.06. The number of hydrogen-bond acceptors (Lipinski definition) is 3. The average Bonchev–Trinajstić information content (AvgIpc) is 2.39. The van der Waals surface area contributed by atoms with Gasteiger partial charge in [0.25, 0.3) is 0 Å². The van der Waals surface area contributed by atoms with E-state index in [1.165, 1.54) is 0 Å². The molecule has 4 heteroatoms. The standard InChI is InChI=1S/C14H17BrN2O/c1-17(10-11-4-6-18-7-5-11)14-3-2-13(15)8-12(14)9-16/h2-3,8,11H,4-7,10H2,1H3. The molecule has 0 atom stereocenters. The van der Waals surface area contributed by atoms with Gasteiger partial charge < -0.3 is 9.64 Å². The molecule has 2 rings (SSSR count). The van der Waals surface area contributed by atoms with E-state index < -0.39 is 0 Å². The molecular formula is C14H17BrN2O. The van der Waals surface area contributed by atoms with Gasteiger partial charge in [0, 0.05) is 31.3 Å². The van der Waals surface area contributed by atoms with E-state index in [1.54, 1.807) is 0 Å². The van der Waals surface area contributed by atoms with E-state index in [-0.39, 0.29) is 0 Å². The van der Waals surface area contributed by atoms with Crippen LogP contribution < -0.4 is 4.90 Å². The number of nitrogens with zero attached hydrogens (tertiary/aromatic N) is 2. The molecule has 0 amide bonds. The summed E-state index contributed by atoms with van der Waals surface area (Å²) in [5.74, 6) is 0.666. The third-order valence-corrected chi connectivity index (χ3v) is 3.86. The maximum Gasteiger partial charge on any atom is 0.101 e. The lowest BCUT2D eigenvalue weighted by Crippen LogP contribution is -2.29. The predicted molar refractivity (Wildman–Crippen MR) is 75.7 cm³/mol. The lowest BCUT2D eigenvalue weighted by Gasteiger charge is -2.29. The van der Waals surface area contributed by atoms with E-state index in [0.29, 0.717) is 5.92 Å². The fraction of sp³-hybridized carbons (Fsp3) is 0.500. The molecule has 0 spiro atoms. The van der Waals surface area contributed by atoms with Gasteiger partial charge in [-0.15, -0.1) is 0 Å². The summed E-state index contributed by atoms with van der Waals surface area (Å²) in [6.45, 7) is 2.72. The Balaban J connectivity index is 2.08. The monoisotopic (exact) mass is 308 g/mol. The molecule has 0 bridgehead atoms. The highest BCUT2D eigenvalue weighted by atomic mass is 79.9. The van der Waals surface area contributed by atoms with Crippen molar-refractivity contribution in [2.24, 2.45) is 5.92 Å². The number of nitriles is 1. The highest BCUT2D eigenvalue weighted by molar-refractivity contribution is 9.10. The van der Waals surface area contributed by atoms with Gasteiger partial charge in [0.05, 0.1) is 11.3 Å². The maximum atomic E-state index is 9.18. The molecule has 18 heavy (non-hydrogen) atoms. The Morgan fingerprint density at radius 3 is 2.83 bits per heavy atom. The Hall–Kier alpha value is -1.05. The van der Waals surface area contributed by atoms with Gasteiger partial charge >= 0.3 is 0 Å². The summed E-state index contributed by atoms with van der Waals surface area (Å²) in [4.78, 5) is 2.18. The fourth-order valence-corrected chi connectivity index (χ4v) is 2.71. The van der Waals surface area contributed by atoms with E-state index in [9.17, 15) is 5.26 Å². The van der Waals surface area contributed by atoms with Crippen LogP contribution in [0, 0.1) is 17.2 Å². The molecule has 3 nitrogen and oxygen atoms in total. The zero-order valence-electron chi connectivity index (χ0n) is 10.5. The van der Waals surface area contributed by atoms with Crippen molar-refractivity contribution in [1.29, 1.82) is 5.26 Å². The van der Waals surface area contributed by atoms with Crippen LogP contribution in [-0.4, -0.2) is 26.8 Å². The largest absolute Gasteiger partial charge is 0.381 e. The van der Waals surface area contributed by atoms with Crippen molar-refractivity contribution in [2.75, 3.05) is 31.7 Å². The number of rotatable bonds is 3. The second-order valence-corrected chi connectivity index (χ2v) is 5.63. The molecule has 0 N–H and O–H groups in total. The number of halogens is 1. The minimum Gasteiger partial charge on any atom is -0.381 e. The summed E-state index contributed by atoms with van der Waals surface area (Å²) in [6, 6.07) is 8.11. The Morgan fingerprint density at radius 2 is 2.17 bits per heavy atom. The van der Waals surface area contributed by atoms with Gasteiger partial charge in [0.1, 0.15) is 6.07 Å². The third kappa shape index (κ3) is 3.24. The van der Waals surface area contributed by atoms with Crippen molar-refractivity contribution in [3.8, 4) is 6.07 Å². The van der Waals surface area contributed by atoms with Gasteiger partial charge in [-0.25, -0.2) is 0 Å². The number of hydrogen-bond donors (Lipinski definition) is 0. The van der Waals surface area contributed by atoms with Crippen LogP contribution in [0.1, 0.15) is 18.4 Å². The number of ether oxygens (including phenoxy) is 1. The van der Waals surface area contributed by atoms with Gasteiger partial charge in [-0.1, -0.05) is 15.9 Å². The van der Waals surface area contributed by atoms with Gasteiger partial charge in [-0.05, 0) is 37.0 Å². The van der Waals surface area contributed by atoms with Crippen LogP contribution in [0.4, 0.5) is 5.69 Å². The third-order valence-electron chi connectivity index (χ3n) is 3.36. The molecule has 1 aliphatic rings. The molecule has 0 aromatic heterocycles. The molecule has 1 saturated heterocycles. The van der Waals surface area contributed by atoms with Crippen LogP contribution in [-0.2, 0) is 4.74 Å². The zero-order valence-corrected chi connectivity index (χ0v) is 12.1. The van der Waals surface area contributed by atoms with Crippen molar-refractivity contribution in [3.05, 3.63) is 28.2 Å². The van der Waals surface area contributed by atoms with E-state index in [4.69, 9.17) is 4.74 Å². The molecule has 1 aromatic carbocycles. The van der Waals surface area contributed by atoms with Crippen molar-refractivity contribution >= 4 is 21.6 Å². The quantitative estimate of drug-likeness (QED) is 0.860. The first kappa shape index (κ1) is 13.4. The summed E-state index contributed by atoms with van der Waals surface area (Å²) in [6.07, 6.45) is 2.23. The summed E-state index contributed by atoms with van der Waals surface area (Å²) >= 11 is 3.40. The first-order valence-electron chi connectivity index (χ1n) is 6.19. The molecule has 1 aromatic rings. The molecule has 0 saturated carbocycles. The molecule has 1 aliphatic heterocycles. The smallest absolute Gasteiger partial charge is 0.101 e. The topological polar surface area (TPSA) is 36.3 Å².